The summed E-state index contributed by atoms with van der Waals surface area (Å²) in [7, 11) is 0.145. The van der Waals surface area contributed by atoms with E-state index in [9.17, 15) is 0 Å². The predicted molar refractivity (Wildman–Crippen MR) is 94.1 cm³/mol. The average Bonchev–Trinajstić information content (AvgIpc) is 2.35. The van der Waals surface area contributed by atoms with Crippen LogP contribution < -0.4 is 0 Å². The van der Waals surface area contributed by atoms with Crippen LogP contribution in [0.1, 0.15) is 24.0 Å². The van der Waals surface area contributed by atoms with Crippen LogP contribution in [0.5, 0.6) is 0 Å². The lowest BCUT2D eigenvalue weighted by atomic mass is 9.99. The van der Waals surface area contributed by atoms with Gasteiger partial charge in [-0.3, -0.25) is 0 Å². The van der Waals surface area contributed by atoms with Crippen molar-refractivity contribution in [1.29, 1.82) is 0 Å². The summed E-state index contributed by atoms with van der Waals surface area (Å²) in [4.78, 5) is 0. The third kappa shape index (κ3) is 4.71. The van der Waals surface area contributed by atoms with Crippen molar-refractivity contribution in [3.8, 4) is 0 Å². The SMILES string of the molecule is C=C(CCC=[SH+])c1cccc(C(=C)CS(=C)C)c1. The Hall–Kier alpha value is -0.990. The quantitative estimate of drug-likeness (QED) is 0.403. The van der Waals surface area contributed by atoms with Gasteiger partial charge < -0.3 is 0 Å². The molecule has 1 unspecified atom stereocenters. The number of hydrogen-bond donors (Lipinski definition) is 0. The smallest absolute Gasteiger partial charge is 0.164 e. The van der Waals surface area contributed by atoms with Gasteiger partial charge in [0.25, 0.3) is 0 Å². The summed E-state index contributed by atoms with van der Waals surface area (Å²) < 4.78 is 0. The van der Waals surface area contributed by atoms with Gasteiger partial charge in [0.05, 0.1) is 0 Å². The minimum atomic E-state index is 0.145. The van der Waals surface area contributed by atoms with Crippen LogP contribution in [0.3, 0.4) is 0 Å². The fourth-order valence-electron chi connectivity index (χ4n) is 1.72. The molecular weight excluding hydrogens is 256 g/mol. The summed E-state index contributed by atoms with van der Waals surface area (Å²) in [5, 5.41) is 1.87. The van der Waals surface area contributed by atoms with E-state index in [-0.39, 0.29) is 10.5 Å². The third-order valence-corrected chi connectivity index (χ3v) is 3.77. The first-order chi connectivity index (χ1) is 8.54. The highest BCUT2D eigenvalue weighted by Crippen LogP contribution is 2.24. The van der Waals surface area contributed by atoms with Gasteiger partial charge in [0.2, 0.25) is 0 Å². The zero-order chi connectivity index (χ0) is 13.5. The number of thiol groups is 1. The van der Waals surface area contributed by atoms with Crippen LogP contribution in [0.2, 0.25) is 0 Å². The van der Waals surface area contributed by atoms with Gasteiger partial charge in [0.1, 0.15) is 0 Å². The van der Waals surface area contributed by atoms with Crippen LogP contribution in [-0.2, 0) is 12.2 Å². The van der Waals surface area contributed by atoms with E-state index in [2.05, 4.69) is 61.8 Å². The first-order valence-electron chi connectivity index (χ1n) is 5.89. The van der Waals surface area contributed by atoms with E-state index in [1.54, 1.807) is 0 Å². The molecule has 0 radical (unpaired) electrons. The molecule has 0 bridgehead atoms. The summed E-state index contributed by atoms with van der Waals surface area (Å²) in [5.41, 5.74) is 4.71. The molecule has 1 atom stereocenters. The zero-order valence-electron chi connectivity index (χ0n) is 11.0. The molecule has 0 aliphatic carbocycles. The second-order valence-electron chi connectivity index (χ2n) is 4.43. The highest BCUT2D eigenvalue weighted by molar-refractivity contribution is 8.13. The van der Waals surface area contributed by atoms with Crippen molar-refractivity contribution in [3.05, 3.63) is 48.6 Å². The fourth-order valence-corrected chi connectivity index (χ4v) is 2.61. The van der Waals surface area contributed by atoms with E-state index in [4.69, 9.17) is 0 Å². The molecule has 0 saturated heterocycles. The Kier molecular flexibility index (Phi) is 6.23. The fraction of sp³-hybridized carbons (Fsp3) is 0.250. The molecule has 0 fully saturated rings. The average molecular weight is 277 g/mol. The van der Waals surface area contributed by atoms with Gasteiger partial charge in [-0.1, -0.05) is 37.2 Å². The van der Waals surface area contributed by atoms with Gasteiger partial charge in [0, 0.05) is 12.2 Å². The van der Waals surface area contributed by atoms with Gasteiger partial charge >= 0.3 is 0 Å². The monoisotopic (exact) mass is 277 g/mol. The maximum atomic E-state index is 4.15. The van der Waals surface area contributed by atoms with Crippen LogP contribution in [0.4, 0.5) is 0 Å². The molecule has 1 aromatic carbocycles. The molecule has 1 aromatic rings. The lowest BCUT2D eigenvalue weighted by Crippen LogP contribution is -1.91. The Morgan fingerprint density at radius 2 is 1.89 bits per heavy atom. The molecule has 0 heterocycles. The molecule has 0 aliphatic rings. The minimum absolute atomic E-state index is 0.145. The summed E-state index contributed by atoms with van der Waals surface area (Å²) in [5.74, 6) is 5.00. The molecule has 96 valence electrons. The highest BCUT2D eigenvalue weighted by Gasteiger charge is 2.03. The van der Waals surface area contributed by atoms with E-state index in [1.807, 2.05) is 5.37 Å². The van der Waals surface area contributed by atoms with Gasteiger partial charge in [-0.05, 0) is 41.0 Å². The Labute approximate surface area is 118 Å². The van der Waals surface area contributed by atoms with Crippen molar-refractivity contribution in [3.63, 3.8) is 0 Å². The zero-order valence-corrected chi connectivity index (χ0v) is 12.7. The second-order valence-corrected chi connectivity index (χ2v) is 6.65. The first-order valence-corrected chi connectivity index (χ1v) is 8.38. The number of benzene rings is 1. The number of rotatable bonds is 7. The molecule has 0 saturated carbocycles. The molecule has 18 heavy (non-hydrogen) atoms. The molecule has 2 heteroatoms. The Balaban J connectivity index is 2.85. The van der Waals surface area contributed by atoms with Crippen LogP contribution >= 0.6 is 10.5 Å². The summed E-state index contributed by atoms with van der Waals surface area (Å²) >= 11 is 4.11. The van der Waals surface area contributed by atoms with Crippen molar-refractivity contribution < 1.29 is 0 Å². The molecule has 0 spiro atoms. The van der Waals surface area contributed by atoms with E-state index < -0.39 is 0 Å². The molecule has 0 nitrogen and oxygen atoms in total. The molecule has 0 aromatic heterocycles. The van der Waals surface area contributed by atoms with Crippen molar-refractivity contribution in [1.82, 2.24) is 0 Å². The highest BCUT2D eigenvalue weighted by atomic mass is 32.2. The van der Waals surface area contributed by atoms with E-state index in [1.165, 1.54) is 11.1 Å². The Bertz CT molecular complexity index is 484. The van der Waals surface area contributed by atoms with Crippen LogP contribution in [0.25, 0.3) is 11.1 Å². The maximum absolute atomic E-state index is 4.15. The molecule has 0 aliphatic heterocycles. The minimum Gasteiger partial charge on any atom is -0.192 e. The molecule has 0 N–H and O–H groups in total. The van der Waals surface area contributed by atoms with Crippen LogP contribution in [0, 0.1) is 0 Å². The van der Waals surface area contributed by atoms with E-state index in [0.29, 0.717) is 0 Å². The predicted octanol–water partition coefficient (Wildman–Crippen LogP) is 3.91. The molecule has 0 amide bonds. The van der Waals surface area contributed by atoms with E-state index in [0.717, 1.165) is 29.7 Å². The maximum Gasteiger partial charge on any atom is 0.164 e. The summed E-state index contributed by atoms with van der Waals surface area (Å²) in [6.45, 7) is 8.28. The standard InChI is InChI=1S/C16H20S2/c1-13(7-6-10-17)15-8-5-9-16(11-15)14(2)12-18(3)4/h5,8-11H,1-3,6-7,12H2,4H3/p+1. The van der Waals surface area contributed by atoms with Crippen LogP contribution in [0.15, 0.2) is 37.4 Å². The topological polar surface area (TPSA) is 0 Å². The first kappa shape index (κ1) is 15.1. The van der Waals surface area contributed by atoms with Crippen molar-refractivity contribution in [2.24, 2.45) is 0 Å². The van der Waals surface area contributed by atoms with E-state index >= 15 is 0 Å². The number of hydrogen-bond acceptors (Lipinski definition) is 0. The molecule has 1 rings (SSSR count). The Morgan fingerprint density at radius 1 is 1.28 bits per heavy atom. The largest absolute Gasteiger partial charge is 0.192 e. The number of allylic oxidation sites excluding steroid dienone is 1. The van der Waals surface area contributed by atoms with Gasteiger partial charge in [0.15, 0.2) is 17.6 Å². The van der Waals surface area contributed by atoms with Crippen molar-refractivity contribution in [2.75, 3.05) is 12.0 Å². The Morgan fingerprint density at radius 3 is 2.44 bits per heavy atom. The second kappa shape index (κ2) is 7.45. The van der Waals surface area contributed by atoms with Gasteiger partial charge in [-0.15, -0.1) is 0 Å². The molecular formula is C16H21S2+. The third-order valence-electron chi connectivity index (χ3n) is 2.67. The lowest BCUT2D eigenvalue weighted by Gasteiger charge is -2.10. The van der Waals surface area contributed by atoms with Crippen molar-refractivity contribution in [2.45, 2.75) is 12.8 Å². The van der Waals surface area contributed by atoms with Gasteiger partial charge in [-0.25, -0.2) is 0 Å². The summed E-state index contributed by atoms with van der Waals surface area (Å²) in [6, 6.07) is 8.46. The lowest BCUT2D eigenvalue weighted by molar-refractivity contribution is 1.15. The normalized spacial score (nSPS) is 11.8. The van der Waals surface area contributed by atoms with Gasteiger partial charge in [-0.2, -0.15) is 10.5 Å². The summed E-state index contributed by atoms with van der Waals surface area (Å²) in [6.07, 6.45) is 4.04. The van der Waals surface area contributed by atoms with Crippen molar-refractivity contribution >= 4 is 45.1 Å². The van der Waals surface area contributed by atoms with Crippen LogP contribution in [-0.4, -0.2) is 23.2 Å².